The fraction of sp³-hybridized carbons (Fsp3) is 0.280. The monoisotopic (exact) mass is 464 g/mol. The highest BCUT2D eigenvalue weighted by Crippen LogP contribution is 2.27. The van der Waals surface area contributed by atoms with Gasteiger partial charge in [0.1, 0.15) is 5.82 Å². The van der Waals surface area contributed by atoms with Crippen LogP contribution in [0.25, 0.3) is 0 Å². The number of hydrogen-bond donors (Lipinski definition) is 1. The number of nitrogens with zero attached hydrogens (tertiary/aromatic N) is 3. The van der Waals surface area contributed by atoms with Crippen molar-refractivity contribution in [3.63, 3.8) is 0 Å². The number of benzene rings is 2. The first-order valence-corrected chi connectivity index (χ1v) is 11.6. The van der Waals surface area contributed by atoms with Gasteiger partial charge in [-0.15, -0.1) is 0 Å². The molecule has 8 heteroatoms. The number of aromatic nitrogens is 2. The Morgan fingerprint density at radius 1 is 1.03 bits per heavy atom. The molecule has 2 heterocycles. The highest BCUT2D eigenvalue weighted by molar-refractivity contribution is 7.99. The first-order valence-electron chi connectivity index (χ1n) is 10.8. The zero-order chi connectivity index (χ0) is 23.4. The van der Waals surface area contributed by atoms with Crippen LogP contribution in [0.5, 0.6) is 0 Å². The van der Waals surface area contributed by atoms with Crippen LogP contribution in [0.15, 0.2) is 64.6 Å². The molecule has 6 nitrogen and oxygen atoms in total. The van der Waals surface area contributed by atoms with Crippen LogP contribution in [0.2, 0.25) is 0 Å². The maximum absolute atomic E-state index is 13.1. The maximum Gasteiger partial charge on any atom is 0.253 e. The zero-order valence-electron chi connectivity index (χ0n) is 18.5. The fourth-order valence-corrected chi connectivity index (χ4v) is 4.71. The maximum atomic E-state index is 13.1. The molecule has 0 aliphatic carbocycles. The van der Waals surface area contributed by atoms with E-state index < -0.39 is 0 Å². The van der Waals surface area contributed by atoms with Crippen molar-refractivity contribution < 1.29 is 14.0 Å². The molecule has 0 saturated carbocycles. The van der Waals surface area contributed by atoms with Gasteiger partial charge in [0.15, 0.2) is 5.16 Å². The molecule has 1 aliphatic rings. The number of rotatable bonds is 5. The Morgan fingerprint density at radius 3 is 2.36 bits per heavy atom. The van der Waals surface area contributed by atoms with Crippen molar-refractivity contribution in [2.45, 2.75) is 36.7 Å². The minimum atomic E-state index is -0.381. The normalized spacial score (nSPS) is 15.8. The quantitative estimate of drug-likeness (QED) is 0.545. The molecule has 4 rings (SSSR count). The molecular formula is C25H25FN4O2S. The minimum absolute atomic E-state index is 0.107. The minimum Gasteiger partial charge on any atom is -0.338 e. The van der Waals surface area contributed by atoms with Gasteiger partial charge in [0.2, 0.25) is 5.91 Å². The van der Waals surface area contributed by atoms with Gasteiger partial charge in [-0.25, -0.2) is 14.4 Å². The SMILES string of the molecule is Cc1cc(C)nc(Sc2ccc(NC(=O)C3CCCN(C(=O)c4ccc(F)cc4)C3)cc2)n1. The molecule has 1 atom stereocenters. The van der Waals surface area contributed by atoms with Crippen LogP contribution in [0.4, 0.5) is 10.1 Å². The van der Waals surface area contributed by atoms with E-state index in [1.165, 1.54) is 36.0 Å². The van der Waals surface area contributed by atoms with E-state index in [-0.39, 0.29) is 23.5 Å². The van der Waals surface area contributed by atoms with Crippen molar-refractivity contribution in [3.8, 4) is 0 Å². The number of amides is 2. The highest BCUT2D eigenvalue weighted by Gasteiger charge is 2.29. The molecule has 1 saturated heterocycles. The van der Waals surface area contributed by atoms with Gasteiger partial charge in [0.25, 0.3) is 5.91 Å². The Balaban J connectivity index is 1.35. The summed E-state index contributed by atoms with van der Waals surface area (Å²) < 4.78 is 13.1. The van der Waals surface area contributed by atoms with Gasteiger partial charge in [0, 0.05) is 40.6 Å². The second kappa shape index (κ2) is 10.1. The second-order valence-corrected chi connectivity index (χ2v) is 9.19. The number of carbonyl (C=O) groups excluding carboxylic acids is 2. The summed E-state index contributed by atoms with van der Waals surface area (Å²) in [6.07, 6.45) is 1.47. The number of anilines is 1. The van der Waals surface area contributed by atoms with Crippen molar-refractivity contribution in [3.05, 3.63) is 77.4 Å². The summed E-state index contributed by atoms with van der Waals surface area (Å²) in [6, 6.07) is 15.0. The summed E-state index contributed by atoms with van der Waals surface area (Å²) in [4.78, 5) is 37.1. The van der Waals surface area contributed by atoms with Crippen molar-refractivity contribution in [2.24, 2.45) is 5.92 Å². The Labute approximate surface area is 196 Å². The van der Waals surface area contributed by atoms with E-state index in [0.717, 1.165) is 29.1 Å². The predicted molar refractivity (Wildman–Crippen MR) is 126 cm³/mol. The Bertz CT molecular complexity index is 1130. The molecule has 1 aromatic heterocycles. The first kappa shape index (κ1) is 22.9. The molecule has 1 aliphatic heterocycles. The first-order chi connectivity index (χ1) is 15.9. The van der Waals surface area contributed by atoms with Crippen molar-refractivity contribution >= 4 is 29.3 Å². The summed E-state index contributed by atoms with van der Waals surface area (Å²) in [5, 5.41) is 3.65. The average molecular weight is 465 g/mol. The Morgan fingerprint density at radius 2 is 1.70 bits per heavy atom. The lowest BCUT2D eigenvalue weighted by atomic mass is 9.96. The van der Waals surface area contributed by atoms with Crippen molar-refractivity contribution in [1.82, 2.24) is 14.9 Å². The standard InChI is InChI=1S/C25H25FN4O2S/c1-16-14-17(2)28-25(27-16)33-22-11-9-21(10-12-22)29-23(31)19-4-3-13-30(15-19)24(32)18-5-7-20(26)8-6-18/h5-12,14,19H,3-4,13,15H2,1-2H3,(H,29,31). The van der Waals surface area contributed by atoms with Crippen LogP contribution < -0.4 is 5.32 Å². The fourth-order valence-electron chi connectivity index (χ4n) is 3.85. The largest absolute Gasteiger partial charge is 0.338 e. The van der Waals surface area contributed by atoms with Crippen LogP contribution >= 0.6 is 11.8 Å². The molecule has 33 heavy (non-hydrogen) atoms. The van der Waals surface area contributed by atoms with Crippen molar-refractivity contribution in [2.75, 3.05) is 18.4 Å². The van der Waals surface area contributed by atoms with Gasteiger partial charge in [-0.05, 0) is 93.0 Å². The molecule has 1 fully saturated rings. The molecule has 170 valence electrons. The van der Waals surface area contributed by atoms with Gasteiger partial charge in [-0.3, -0.25) is 9.59 Å². The number of piperidine rings is 1. The second-order valence-electron chi connectivity index (χ2n) is 8.15. The van der Waals surface area contributed by atoms with Crippen molar-refractivity contribution in [1.29, 1.82) is 0 Å². The molecular weight excluding hydrogens is 439 g/mol. The van der Waals surface area contributed by atoms with E-state index >= 15 is 0 Å². The van der Waals surface area contributed by atoms with Gasteiger partial charge in [0.05, 0.1) is 5.92 Å². The molecule has 0 spiro atoms. The average Bonchev–Trinajstić information content (AvgIpc) is 2.80. The third-order valence-corrected chi connectivity index (χ3v) is 6.34. The lowest BCUT2D eigenvalue weighted by molar-refractivity contribution is -0.121. The van der Waals surface area contributed by atoms with Crippen LogP contribution in [0, 0.1) is 25.6 Å². The van der Waals surface area contributed by atoms with E-state index in [1.54, 1.807) is 4.90 Å². The summed E-state index contributed by atoms with van der Waals surface area (Å²) in [6.45, 7) is 4.82. The predicted octanol–water partition coefficient (Wildman–Crippen LogP) is 4.87. The summed E-state index contributed by atoms with van der Waals surface area (Å²) >= 11 is 1.47. The molecule has 0 radical (unpaired) electrons. The molecule has 3 aromatic rings. The van der Waals surface area contributed by atoms with Crippen LogP contribution in [-0.2, 0) is 4.79 Å². The van der Waals surface area contributed by atoms with E-state index in [0.29, 0.717) is 29.5 Å². The topological polar surface area (TPSA) is 75.2 Å². The number of nitrogens with one attached hydrogen (secondary N) is 1. The van der Waals surface area contributed by atoms with Crippen LogP contribution in [0.1, 0.15) is 34.6 Å². The number of carbonyl (C=O) groups is 2. The van der Waals surface area contributed by atoms with E-state index in [1.807, 2.05) is 44.2 Å². The third-order valence-electron chi connectivity index (χ3n) is 5.46. The number of halogens is 1. The summed E-state index contributed by atoms with van der Waals surface area (Å²) in [5.74, 6) is -0.957. The van der Waals surface area contributed by atoms with Gasteiger partial charge in [-0.2, -0.15) is 0 Å². The summed E-state index contributed by atoms with van der Waals surface area (Å²) in [7, 11) is 0. The molecule has 2 amide bonds. The van der Waals surface area contributed by atoms with E-state index in [4.69, 9.17) is 0 Å². The molecule has 1 unspecified atom stereocenters. The van der Waals surface area contributed by atoms with E-state index in [9.17, 15) is 14.0 Å². The number of aryl methyl sites for hydroxylation is 2. The lowest BCUT2D eigenvalue weighted by Crippen LogP contribution is -2.43. The smallest absolute Gasteiger partial charge is 0.253 e. The summed E-state index contributed by atoms with van der Waals surface area (Å²) in [5.41, 5.74) is 2.98. The number of likely N-dealkylation sites (tertiary alicyclic amines) is 1. The van der Waals surface area contributed by atoms with Gasteiger partial charge in [-0.1, -0.05) is 0 Å². The molecule has 0 bridgehead atoms. The lowest BCUT2D eigenvalue weighted by Gasteiger charge is -2.32. The third kappa shape index (κ3) is 5.96. The van der Waals surface area contributed by atoms with Gasteiger partial charge < -0.3 is 10.2 Å². The highest BCUT2D eigenvalue weighted by atomic mass is 32.2. The Hall–Kier alpha value is -3.26. The Kier molecular flexibility index (Phi) is 7.03. The number of hydrogen-bond acceptors (Lipinski definition) is 5. The molecule has 2 aromatic carbocycles. The van der Waals surface area contributed by atoms with Gasteiger partial charge >= 0.3 is 0 Å². The zero-order valence-corrected chi connectivity index (χ0v) is 19.4. The molecule has 1 N–H and O–H groups in total. The van der Waals surface area contributed by atoms with Crippen LogP contribution in [0.3, 0.4) is 0 Å². The van der Waals surface area contributed by atoms with Crippen LogP contribution in [-0.4, -0.2) is 39.8 Å². The van der Waals surface area contributed by atoms with E-state index in [2.05, 4.69) is 15.3 Å².